The molecule has 0 radical (unpaired) electrons. The van der Waals surface area contributed by atoms with Crippen molar-refractivity contribution in [3.05, 3.63) is 6.07 Å². The van der Waals surface area contributed by atoms with Crippen LogP contribution < -0.4 is 10.6 Å². The van der Waals surface area contributed by atoms with E-state index in [4.69, 9.17) is 10.5 Å². The standard InChI is InChI=1S/C18H29N5O2S/c1-2-3-12-26-18-20-15(19)13-16(21-18)22-7-5-8-23(10-9-22)17(24)14-6-4-11-25-14/h13-14H,2-12H2,1H3,(H2,19,20,21)/t14-/m0/s1. The Kier molecular flexibility index (Phi) is 6.96. The largest absolute Gasteiger partial charge is 0.383 e. The number of hydrogen-bond donors (Lipinski definition) is 1. The fourth-order valence-electron chi connectivity index (χ4n) is 3.31. The third kappa shape index (κ3) is 5.01. The highest BCUT2D eigenvalue weighted by Crippen LogP contribution is 2.23. The van der Waals surface area contributed by atoms with E-state index in [1.807, 2.05) is 11.0 Å². The molecule has 1 amide bonds. The summed E-state index contributed by atoms with van der Waals surface area (Å²) in [5, 5.41) is 0.741. The van der Waals surface area contributed by atoms with Gasteiger partial charge in [-0.3, -0.25) is 4.79 Å². The van der Waals surface area contributed by atoms with Crippen molar-refractivity contribution in [3.63, 3.8) is 0 Å². The van der Waals surface area contributed by atoms with E-state index in [1.54, 1.807) is 11.8 Å². The quantitative estimate of drug-likeness (QED) is 0.461. The molecular weight excluding hydrogens is 350 g/mol. The minimum Gasteiger partial charge on any atom is -0.383 e. The van der Waals surface area contributed by atoms with Gasteiger partial charge in [0.25, 0.3) is 5.91 Å². The van der Waals surface area contributed by atoms with Crippen LogP contribution >= 0.6 is 11.8 Å². The Labute approximate surface area is 159 Å². The highest BCUT2D eigenvalue weighted by atomic mass is 32.2. The maximum absolute atomic E-state index is 12.6. The van der Waals surface area contributed by atoms with Crippen molar-refractivity contribution in [1.29, 1.82) is 0 Å². The average Bonchev–Trinajstić information content (AvgIpc) is 3.05. The summed E-state index contributed by atoms with van der Waals surface area (Å²) in [6.07, 6.45) is 4.80. The zero-order valence-electron chi connectivity index (χ0n) is 15.5. The molecular formula is C18H29N5O2S. The molecule has 2 fully saturated rings. The van der Waals surface area contributed by atoms with Gasteiger partial charge in [0.2, 0.25) is 0 Å². The second-order valence-electron chi connectivity index (χ2n) is 6.80. The van der Waals surface area contributed by atoms with Gasteiger partial charge < -0.3 is 20.3 Å². The Morgan fingerprint density at radius 2 is 2.19 bits per heavy atom. The van der Waals surface area contributed by atoms with Crippen LogP contribution in [0.15, 0.2) is 11.2 Å². The summed E-state index contributed by atoms with van der Waals surface area (Å²) in [7, 11) is 0. The van der Waals surface area contributed by atoms with Crippen molar-refractivity contribution in [2.45, 2.75) is 50.3 Å². The maximum atomic E-state index is 12.6. The van der Waals surface area contributed by atoms with Crippen LogP contribution in [0, 0.1) is 0 Å². The van der Waals surface area contributed by atoms with Crippen molar-refractivity contribution < 1.29 is 9.53 Å². The third-order valence-electron chi connectivity index (χ3n) is 4.78. The first-order valence-corrected chi connectivity index (χ1v) is 10.6. The molecule has 0 saturated carbocycles. The second-order valence-corrected chi connectivity index (χ2v) is 7.87. The van der Waals surface area contributed by atoms with E-state index in [1.165, 1.54) is 0 Å². The molecule has 3 heterocycles. The molecule has 0 aromatic carbocycles. The molecule has 2 aliphatic heterocycles. The van der Waals surface area contributed by atoms with Crippen LogP contribution in [0.3, 0.4) is 0 Å². The number of carbonyl (C=O) groups excluding carboxylic acids is 1. The first kappa shape index (κ1) is 19.2. The topological polar surface area (TPSA) is 84.6 Å². The molecule has 0 bridgehead atoms. The van der Waals surface area contributed by atoms with Gasteiger partial charge in [0.05, 0.1) is 0 Å². The second kappa shape index (κ2) is 9.41. The molecule has 0 unspecified atom stereocenters. The van der Waals surface area contributed by atoms with Gasteiger partial charge in [-0.15, -0.1) is 0 Å². The summed E-state index contributed by atoms with van der Waals surface area (Å²) in [6, 6.07) is 1.83. The predicted molar refractivity (Wildman–Crippen MR) is 104 cm³/mol. The number of anilines is 2. The van der Waals surface area contributed by atoms with Crippen LogP contribution in [0.5, 0.6) is 0 Å². The predicted octanol–water partition coefficient (Wildman–Crippen LogP) is 2.17. The van der Waals surface area contributed by atoms with Gasteiger partial charge in [0.15, 0.2) is 5.16 Å². The summed E-state index contributed by atoms with van der Waals surface area (Å²) in [5.41, 5.74) is 6.00. The molecule has 2 saturated heterocycles. The number of nitrogens with two attached hydrogens (primary N) is 1. The van der Waals surface area contributed by atoms with Gasteiger partial charge in [0.1, 0.15) is 17.7 Å². The number of ether oxygens (including phenoxy) is 1. The summed E-state index contributed by atoms with van der Waals surface area (Å²) in [5.74, 6) is 2.51. The molecule has 2 N–H and O–H groups in total. The van der Waals surface area contributed by atoms with Crippen LogP contribution in [-0.4, -0.2) is 65.4 Å². The highest BCUT2D eigenvalue weighted by molar-refractivity contribution is 7.99. The van der Waals surface area contributed by atoms with E-state index in [0.29, 0.717) is 19.0 Å². The smallest absolute Gasteiger partial charge is 0.251 e. The van der Waals surface area contributed by atoms with E-state index in [0.717, 1.165) is 68.5 Å². The fraction of sp³-hybridized carbons (Fsp3) is 0.722. The van der Waals surface area contributed by atoms with Crippen LogP contribution in [0.4, 0.5) is 11.6 Å². The number of rotatable bonds is 6. The summed E-state index contributed by atoms with van der Waals surface area (Å²) in [4.78, 5) is 25.8. The first-order chi connectivity index (χ1) is 12.7. The molecule has 8 heteroatoms. The van der Waals surface area contributed by atoms with Crippen molar-refractivity contribution in [2.24, 2.45) is 0 Å². The van der Waals surface area contributed by atoms with E-state index in [2.05, 4.69) is 21.8 Å². The molecule has 1 aromatic heterocycles. The van der Waals surface area contributed by atoms with Crippen LogP contribution in [0.25, 0.3) is 0 Å². The molecule has 0 spiro atoms. The lowest BCUT2D eigenvalue weighted by Gasteiger charge is -2.24. The number of aromatic nitrogens is 2. The monoisotopic (exact) mass is 379 g/mol. The van der Waals surface area contributed by atoms with Crippen molar-refractivity contribution in [1.82, 2.24) is 14.9 Å². The minimum absolute atomic E-state index is 0.141. The Hall–Kier alpha value is -1.54. The minimum atomic E-state index is -0.238. The number of unbranched alkanes of at least 4 members (excludes halogenated alkanes) is 1. The SMILES string of the molecule is CCCCSc1nc(N)cc(N2CCCN(C(=O)[C@@H]3CCCO3)CC2)n1. The summed E-state index contributed by atoms with van der Waals surface area (Å²) < 4.78 is 5.55. The van der Waals surface area contributed by atoms with Gasteiger partial charge in [-0.05, 0) is 25.7 Å². The number of hydrogen-bond acceptors (Lipinski definition) is 7. The van der Waals surface area contributed by atoms with Crippen LogP contribution in [-0.2, 0) is 9.53 Å². The molecule has 0 aliphatic carbocycles. The molecule has 7 nitrogen and oxygen atoms in total. The Morgan fingerprint density at radius 1 is 1.31 bits per heavy atom. The lowest BCUT2D eigenvalue weighted by Crippen LogP contribution is -2.41. The van der Waals surface area contributed by atoms with E-state index < -0.39 is 0 Å². The van der Waals surface area contributed by atoms with E-state index >= 15 is 0 Å². The van der Waals surface area contributed by atoms with Crippen molar-refractivity contribution in [3.8, 4) is 0 Å². The Bertz CT molecular complexity index is 609. The number of nitrogen functional groups attached to an aromatic ring is 1. The zero-order valence-corrected chi connectivity index (χ0v) is 16.3. The summed E-state index contributed by atoms with van der Waals surface area (Å²) in [6.45, 7) is 5.97. The maximum Gasteiger partial charge on any atom is 0.251 e. The number of carbonyl (C=O) groups is 1. The third-order valence-corrected chi connectivity index (χ3v) is 5.71. The van der Waals surface area contributed by atoms with Gasteiger partial charge in [-0.1, -0.05) is 25.1 Å². The molecule has 1 aromatic rings. The molecule has 26 heavy (non-hydrogen) atoms. The molecule has 3 rings (SSSR count). The van der Waals surface area contributed by atoms with E-state index in [-0.39, 0.29) is 12.0 Å². The van der Waals surface area contributed by atoms with Gasteiger partial charge in [0, 0.05) is 44.6 Å². The van der Waals surface area contributed by atoms with Gasteiger partial charge >= 0.3 is 0 Å². The highest BCUT2D eigenvalue weighted by Gasteiger charge is 2.29. The first-order valence-electron chi connectivity index (χ1n) is 9.60. The van der Waals surface area contributed by atoms with Gasteiger partial charge in [-0.2, -0.15) is 0 Å². The Balaban J connectivity index is 1.62. The number of thioether (sulfide) groups is 1. The van der Waals surface area contributed by atoms with Crippen molar-refractivity contribution in [2.75, 3.05) is 49.2 Å². The number of nitrogens with zero attached hydrogens (tertiary/aromatic N) is 4. The molecule has 1 atom stereocenters. The van der Waals surface area contributed by atoms with E-state index in [9.17, 15) is 4.79 Å². The summed E-state index contributed by atoms with van der Waals surface area (Å²) >= 11 is 1.65. The number of amides is 1. The zero-order chi connectivity index (χ0) is 18.4. The lowest BCUT2D eigenvalue weighted by molar-refractivity contribution is -0.140. The normalized spacial score (nSPS) is 21.0. The van der Waals surface area contributed by atoms with Crippen LogP contribution in [0.2, 0.25) is 0 Å². The lowest BCUT2D eigenvalue weighted by atomic mass is 10.2. The van der Waals surface area contributed by atoms with Gasteiger partial charge in [-0.25, -0.2) is 9.97 Å². The van der Waals surface area contributed by atoms with Crippen molar-refractivity contribution >= 4 is 29.3 Å². The van der Waals surface area contributed by atoms with Crippen LogP contribution in [0.1, 0.15) is 39.0 Å². The molecule has 2 aliphatic rings. The fourth-order valence-corrected chi connectivity index (χ4v) is 4.25. The average molecular weight is 380 g/mol. The Morgan fingerprint density at radius 3 is 2.96 bits per heavy atom. The molecule has 144 valence electrons.